The van der Waals surface area contributed by atoms with Crippen LogP contribution in [0.2, 0.25) is 0 Å². The third kappa shape index (κ3) is 4.53. The van der Waals surface area contributed by atoms with E-state index in [0.29, 0.717) is 17.9 Å². The van der Waals surface area contributed by atoms with Gasteiger partial charge in [0, 0.05) is 11.1 Å². The van der Waals surface area contributed by atoms with Crippen molar-refractivity contribution in [3.05, 3.63) is 36.1 Å². The van der Waals surface area contributed by atoms with E-state index in [4.69, 9.17) is 4.42 Å². The molecule has 1 atom stereocenters. The molecule has 2 rings (SSSR count). The van der Waals surface area contributed by atoms with Crippen molar-refractivity contribution >= 4 is 34.6 Å². The lowest BCUT2D eigenvalue weighted by atomic mass is 10.2. The molecule has 1 aromatic carbocycles. The van der Waals surface area contributed by atoms with Gasteiger partial charge in [0.1, 0.15) is 11.3 Å². The number of carbonyl (C=O) groups excluding carboxylic acids is 2. The first kappa shape index (κ1) is 16.4. The lowest BCUT2D eigenvalue weighted by Crippen LogP contribution is -2.28. The standard InChI is InChI=1S/C16H19NO4S/c1-11(14-9-12-5-3-4-6-13(12)21-14)17-15(18)10-22-8-7-16(19)20-2/h3-6,9,11H,7-8,10H2,1-2H3,(H,17,18)/t11-/m0/s1. The molecule has 22 heavy (non-hydrogen) atoms. The van der Waals surface area contributed by atoms with Crippen molar-refractivity contribution in [2.45, 2.75) is 19.4 Å². The highest BCUT2D eigenvalue weighted by atomic mass is 32.2. The van der Waals surface area contributed by atoms with E-state index in [0.717, 1.165) is 16.7 Å². The number of esters is 1. The third-order valence-corrected chi connectivity index (χ3v) is 4.12. The summed E-state index contributed by atoms with van der Waals surface area (Å²) in [6.45, 7) is 1.88. The van der Waals surface area contributed by atoms with Gasteiger partial charge in [-0.2, -0.15) is 11.8 Å². The van der Waals surface area contributed by atoms with Gasteiger partial charge in [-0.05, 0) is 19.1 Å². The first-order valence-corrected chi connectivity index (χ1v) is 8.18. The van der Waals surface area contributed by atoms with Crippen LogP contribution < -0.4 is 5.32 Å². The van der Waals surface area contributed by atoms with Crippen molar-refractivity contribution in [2.75, 3.05) is 18.6 Å². The highest BCUT2D eigenvalue weighted by Gasteiger charge is 2.14. The van der Waals surface area contributed by atoms with Crippen LogP contribution in [0, 0.1) is 0 Å². The van der Waals surface area contributed by atoms with Crippen molar-refractivity contribution in [2.24, 2.45) is 0 Å². The number of ether oxygens (including phenoxy) is 1. The van der Waals surface area contributed by atoms with E-state index in [2.05, 4.69) is 10.1 Å². The maximum absolute atomic E-state index is 11.9. The Balaban J connectivity index is 1.79. The molecule has 0 radical (unpaired) electrons. The van der Waals surface area contributed by atoms with E-state index < -0.39 is 0 Å². The fraction of sp³-hybridized carbons (Fsp3) is 0.375. The largest absolute Gasteiger partial charge is 0.469 e. The van der Waals surface area contributed by atoms with Gasteiger partial charge in [-0.25, -0.2) is 0 Å². The number of benzene rings is 1. The van der Waals surface area contributed by atoms with Crippen molar-refractivity contribution in [1.82, 2.24) is 5.32 Å². The number of nitrogens with one attached hydrogen (secondary N) is 1. The minimum Gasteiger partial charge on any atom is -0.469 e. The molecule has 118 valence electrons. The van der Waals surface area contributed by atoms with Gasteiger partial charge in [-0.15, -0.1) is 0 Å². The molecular weight excluding hydrogens is 302 g/mol. The Bertz CT molecular complexity index is 619. The van der Waals surface area contributed by atoms with Gasteiger partial charge in [-0.1, -0.05) is 18.2 Å². The van der Waals surface area contributed by atoms with Crippen LogP contribution >= 0.6 is 11.8 Å². The first-order chi connectivity index (χ1) is 10.6. The molecule has 0 unspecified atom stereocenters. The van der Waals surface area contributed by atoms with Gasteiger partial charge in [0.2, 0.25) is 5.91 Å². The van der Waals surface area contributed by atoms with Crippen molar-refractivity contribution < 1.29 is 18.7 Å². The summed E-state index contributed by atoms with van der Waals surface area (Å²) in [7, 11) is 1.36. The molecule has 0 spiro atoms. The maximum atomic E-state index is 11.9. The Morgan fingerprint density at radius 3 is 2.86 bits per heavy atom. The smallest absolute Gasteiger partial charge is 0.306 e. The zero-order valence-corrected chi connectivity index (χ0v) is 13.4. The van der Waals surface area contributed by atoms with E-state index in [-0.39, 0.29) is 17.9 Å². The summed E-state index contributed by atoms with van der Waals surface area (Å²) < 4.78 is 10.3. The molecule has 6 heteroatoms. The molecule has 1 amide bonds. The second-order valence-corrected chi connectivity index (χ2v) is 5.96. The molecule has 0 aliphatic carbocycles. The summed E-state index contributed by atoms with van der Waals surface area (Å²) in [5.41, 5.74) is 0.811. The van der Waals surface area contributed by atoms with E-state index in [9.17, 15) is 9.59 Å². The number of fused-ring (bicyclic) bond motifs is 1. The average molecular weight is 321 g/mol. The maximum Gasteiger partial charge on any atom is 0.306 e. The number of rotatable bonds is 7. The molecule has 5 nitrogen and oxygen atoms in total. The van der Waals surface area contributed by atoms with E-state index in [1.54, 1.807) is 0 Å². The predicted octanol–water partition coefficient (Wildman–Crippen LogP) is 2.91. The fourth-order valence-corrected chi connectivity index (χ4v) is 2.72. The van der Waals surface area contributed by atoms with Crippen LogP contribution in [0.1, 0.15) is 25.1 Å². The molecule has 0 bridgehead atoms. The summed E-state index contributed by atoms with van der Waals surface area (Å²) in [6, 6.07) is 9.47. The number of methoxy groups -OCH3 is 1. The quantitative estimate of drug-likeness (QED) is 0.627. The van der Waals surface area contributed by atoms with Gasteiger partial charge < -0.3 is 14.5 Å². The van der Waals surface area contributed by atoms with Crippen LogP contribution in [-0.4, -0.2) is 30.5 Å². The Kier molecular flexibility index (Phi) is 5.89. The van der Waals surface area contributed by atoms with Crippen molar-refractivity contribution in [3.63, 3.8) is 0 Å². The SMILES string of the molecule is COC(=O)CCSCC(=O)N[C@@H](C)c1cc2ccccc2o1. The number of para-hydroxylation sites is 1. The van der Waals surface area contributed by atoms with Gasteiger partial charge >= 0.3 is 5.97 Å². The predicted molar refractivity (Wildman–Crippen MR) is 86.7 cm³/mol. The number of amides is 1. The van der Waals surface area contributed by atoms with Crippen LogP contribution in [0.4, 0.5) is 0 Å². The summed E-state index contributed by atoms with van der Waals surface area (Å²) in [5.74, 6) is 1.27. The molecule has 1 heterocycles. The summed E-state index contributed by atoms with van der Waals surface area (Å²) in [5, 5.41) is 3.91. The number of hydrogen-bond acceptors (Lipinski definition) is 5. The normalized spacial score (nSPS) is 12.1. The Hall–Kier alpha value is -1.95. The number of carbonyl (C=O) groups is 2. The molecule has 0 aliphatic rings. The monoisotopic (exact) mass is 321 g/mol. The summed E-state index contributed by atoms with van der Waals surface area (Å²) in [4.78, 5) is 22.8. The van der Waals surface area contributed by atoms with Crippen molar-refractivity contribution in [3.8, 4) is 0 Å². The van der Waals surface area contributed by atoms with Gasteiger partial charge in [0.25, 0.3) is 0 Å². The highest BCUT2D eigenvalue weighted by molar-refractivity contribution is 7.99. The Morgan fingerprint density at radius 1 is 1.36 bits per heavy atom. The zero-order chi connectivity index (χ0) is 15.9. The van der Waals surface area contributed by atoms with Crippen LogP contribution in [0.5, 0.6) is 0 Å². The minimum absolute atomic E-state index is 0.0807. The molecular formula is C16H19NO4S. The average Bonchev–Trinajstić information content (AvgIpc) is 2.95. The molecule has 0 saturated carbocycles. The fourth-order valence-electron chi connectivity index (χ4n) is 1.99. The van der Waals surface area contributed by atoms with Gasteiger partial charge in [-0.3, -0.25) is 9.59 Å². The molecule has 0 aliphatic heterocycles. The zero-order valence-electron chi connectivity index (χ0n) is 12.6. The highest BCUT2D eigenvalue weighted by Crippen LogP contribution is 2.23. The van der Waals surface area contributed by atoms with E-state index in [1.807, 2.05) is 37.3 Å². The lowest BCUT2D eigenvalue weighted by Gasteiger charge is -2.11. The number of furan rings is 1. The van der Waals surface area contributed by atoms with Crippen LogP contribution in [-0.2, 0) is 14.3 Å². The number of thioether (sulfide) groups is 1. The van der Waals surface area contributed by atoms with Crippen LogP contribution in [0.3, 0.4) is 0 Å². The molecule has 1 N–H and O–H groups in total. The summed E-state index contributed by atoms with van der Waals surface area (Å²) in [6.07, 6.45) is 0.313. The van der Waals surface area contributed by atoms with Gasteiger partial charge in [0.05, 0.1) is 25.3 Å². The molecule has 2 aromatic rings. The Labute approximate surface area is 133 Å². The van der Waals surface area contributed by atoms with Crippen LogP contribution in [0.15, 0.2) is 34.7 Å². The molecule has 0 fully saturated rings. The lowest BCUT2D eigenvalue weighted by molar-refractivity contribution is -0.140. The number of hydrogen-bond donors (Lipinski definition) is 1. The second kappa shape index (κ2) is 7.89. The summed E-state index contributed by atoms with van der Waals surface area (Å²) >= 11 is 1.40. The molecule has 1 aromatic heterocycles. The minimum atomic E-state index is -0.261. The Morgan fingerprint density at radius 2 is 2.14 bits per heavy atom. The van der Waals surface area contributed by atoms with E-state index in [1.165, 1.54) is 18.9 Å². The second-order valence-electron chi connectivity index (χ2n) is 4.85. The topological polar surface area (TPSA) is 68.5 Å². The van der Waals surface area contributed by atoms with Crippen molar-refractivity contribution in [1.29, 1.82) is 0 Å². The van der Waals surface area contributed by atoms with Crippen LogP contribution in [0.25, 0.3) is 11.0 Å². The van der Waals surface area contributed by atoms with Gasteiger partial charge in [0.15, 0.2) is 0 Å². The molecule has 0 saturated heterocycles. The first-order valence-electron chi connectivity index (χ1n) is 7.02. The van der Waals surface area contributed by atoms with E-state index >= 15 is 0 Å². The third-order valence-electron chi connectivity index (χ3n) is 3.16.